The number of ether oxygens (including phenoxy) is 2. The molecule has 0 bridgehead atoms. The predicted molar refractivity (Wildman–Crippen MR) is 94.5 cm³/mol. The van der Waals surface area contributed by atoms with Crippen molar-refractivity contribution in [2.75, 3.05) is 46.5 Å². The van der Waals surface area contributed by atoms with E-state index in [4.69, 9.17) is 9.47 Å². The molecule has 0 aromatic heterocycles. The predicted octanol–water partition coefficient (Wildman–Crippen LogP) is 1.84. The van der Waals surface area contributed by atoms with E-state index in [-0.39, 0.29) is 5.91 Å². The Morgan fingerprint density at radius 3 is 2.75 bits per heavy atom. The van der Waals surface area contributed by atoms with Gasteiger partial charge in [0, 0.05) is 19.6 Å². The van der Waals surface area contributed by atoms with Crippen molar-refractivity contribution in [3.8, 4) is 5.75 Å². The van der Waals surface area contributed by atoms with E-state index in [1.54, 1.807) is 7.11 Å². The lowest BCUT2D eigenvalue weighted by Crippen LogP contribution is -2.43. The monoisotopic (exact) mass is 328 g/mol. The molecule has 0 atom stereocenters. The zero-order valence-corrected chi connectivity index (χ0v) is 14.1. The van der Waals surface area contributed by atoms with Gasteiger partial charge in [0.1, 0.15) is 5.75 Å². The topological polar surface area (TPSA) is 50.8 Å². The SMILES string of the molecule is COc1ccc2ccc(CCNC(=O)CN3CCOCC3)cc2c1. The maximum atomic E-state index is 12.0. The molecule has 128 valence electrons. The largest absolute Gasteiger partial charge is 0.497 e. The summed E-state index contributed by atoms with van der Waals surface area (Å²) in [5.74, 6) is 0.942. The number of benzene rings is 2. The Labute approximate surface area is 142 Å². The van der Waals surface area contributed by atoms with Gasteiger partial charge in [0.05, 0.1) is 26.9 Å². The fourth-order valence-electron chi connectivity index (χ4n) is 2.92. The number of nitrogens with zero attached hydrogens (tertiary/aromatic N) is 1. The van der Waals surface area contributed by atoms with Crippen LogP contribution in [0.4, 0.5) is 0 Å². The molecule has 1 aliphatic heterocycles. The molecule has 2 aromatic rings. The van der Waals surface area contributed by atoms with Crippen molar-refractivity contribution in [1.82, 2.24) is 10.2 Å². The third kappa shape index (κ3) is 4.46. The maximum absolute atomic E-state index is 12.0. The van der Waals surface area contributed by atoms with Crippen molar-refractivity contribution in [2.24, 2.45) is 0 Å². The summed E-state index contributed by atoms with van der Waals surface area (Å²) in [6, 6.07) is 12.4. The summed E-state index contributed by atoms with van der Waals surface area (Å²) in [6.45, 7) is 4.21. The number of methoxy groups -OCH3 is 1. The summed E-state index contributed by atoms with van der Waals surface area (Å²) < 4.78 is 10.6. The van der Waals surface area contributed by atoms with Crippen molar-refractivity contribution in [1.29, 1.82) is 0 Å². The summed E-state index contributed by atoms with van der Waals surface area (Å²) in [4.78, 5) is 14.1. The van der Waals surface area contributed by atoms with Crippen LogP contribution >= 0.6 is 0 Å². The highest BCUT2D eigenvalue weighted by Crippen LogP contribution is 2.22. The van der Waals surface area contributed by atoms with Gasteiger partial charge >= 0.3 is 0 Å². The van der Waals surface area contributed by atoms with E-state index in [9.17, 15) is 4.79 Å². The second-order valence-corrected chi connectivity index (χ2v) is 6.04. The molecule has 5 heteroatoms. The van der Waals surface area contributed by atoms with E-state index in [2.05, 4.69) is 34.5 Å². The van der Waals surface area contributed by atoms with Crippen LogP contribution in [0, 0.1) is 0 Å². The van der Waals surface area contributed by atoms with Gasteiger partial charge in [-0.2, -0.15) is 0 Å². The molecule has 3 rings (SSSR count). The Bertz CT molecular complexity index is 696. The number of amides is 1. The number of fused-ring (bicyclic) bond motifs is 1. The van der Waals surface area contributed by atoms with Gasteiger partial charge in [-0.25, -0.2) is 0 Å². The molecule has 1 saturated heterocycles. The zero-order valence-electron chi connectivity index (χ0n) is 14.1. The first-order chi connectivity index (χ1) is 11.7. The average Bonchev–Trinajstić information content (AvgIpc) is 2.62. The van der Waals surface area contributed by atoms with Gasteiger partial charge in [-0.3, -0.25) is 9.69 Å². The minimum atomic E-state index is 0.0827. The highest BCUT2D eigenvalue weighted by Gasteiger charge is 2.13. The molecule has 24 heavy (non-hydrogen) atoms. The molecular formula is C19H24N2O3. The smallest absolute Gasteiger partial charge is 0.234 e. The van der Waals surface area contributed by atoms with Gasteiger partial charge in [0.15, 0.2) is 0 Å². The summed E-state index contributed by atoms with van der Waals surface area (Å²) in [6.07, 6.45) is 0.821. The fraction of sp³-hybridized carbons (Fsp3) is 0.421. The van der Waals surface area contributed by atoms with Gasteiger partial charge < -0.3 is 14.8 Å². The van der Waals surface area contributed by atoms with Gasteiger partial charge in [0.25, 0.3) is 0 Å². The highest BCUT2D eigenvalue weighted by atomic mass is 16.5. The van der Waals surface area contributed by atoms with Crippen LogP contribution in [0.15, 0.2) is 36.4 Å². The lowest BCUT2D eigenvalue weighted by atomic mass is 10.0. The Balaban J connectivity index is 1.50. The molecule has 0 aliphatic carbocycles. The molecule has 0 saturated carbocycles. The maximum Gasteiger partial charge on any atom is 0.234 e. The van der Waals surface area contributed by atoms with Gasteiger partial charge in [-0.1, -0.05) is 24.3 Å². The lowest BCUT2D eigenvalue weighted by molar-refractivity contribution is -0.123. The zero-order chi connectivity index (χ0) is 16.8. The van der Waals surface area contributed by atoms with Gasteiger partial charge in [-0.15, -0.1) is 0 Å². The Kier molecular flexibility index (Phi) is 5.67. The Morgan fingerprint density at radius 1 is 1.17 bits per heavy atom. The van der Waals surface area contributed by atoms with E-state index >= 15 is 0 Å². The molecular weight excluding hydrogens is 304 g/mol. The van der Waals surface area contributed by atoms with Crippen LogP contribution in [-0.2, 0) is 16.0 Å². The minimum Gasteiger partial charge on any atom is -0.497 e. The van der Waals surface area contributed by atoms with Crippen LogP contribution in [0.2, 0.25) is 0 Å². The fourth-order valence-corrected chi connectivity index (χ4v) is 2.92. The van der Waals surface area contributed by atoms with E-state index < -0.39 is 0 Å². The first kappa shape index (κ1) is 16.7. The minimum absolute atomic E-state index is 0.0827. The Hall–Kier alpha value is -2.11. The number of rotatable bonds is 6. The summed E-state index contributed by atoms with van der Waals surface area (Å²) >= 11 is 0. The van der Waals surface area contributed by atoms with Crippen LogP contribution in [0.5, 0.6) is 5.75 Å². The van der Waals surface area contributed by atoms with Crippen LogP contribution in [-0.4, -0.2) is 57.3 Å². The van der Waals surface area contributed by atoms with Gasteiger partial charge in [-0.05, 0) is 34.9 Å². The normalized spacial score (nSPS) is 15.4. The number of carbonyl (C=O) groups is 1. The number of hydrogen-bond donors (Lipinski definition) is 1. The molecule has 0 unspecified atom stereocenters. The Morgan fingerprint density at radius 2 is 1.96 bits per heavy atom. The van der Waals surface area contributed by atoms with Crippen LogP contribution in [0.1, 0.15) is 5.56 Å². The molecule has 0 radical (unpaired) electrons. The second-order valence-electron chi connectivity index (χ2n) is 6.04. The number of nitrogens with one attached hydrogen (secondary N) is 1. The second kappa shape index (κ2) is 8.13. The average molecular weight is 328 g/mol. The lowest BCUT2D eigenvalue weighted by Gasteiger charge is -2.25. The summed E-state index contributed by atoms with van der Waals surface area (Å²) in [5.41, 5.74) is 1.21. The third-order valence-electron chi connectivity index (χ3n) is 4.32. The molecule has 5 nitrogen and oxygen atoms in total. The molecule has 2 aromatic carbocycles. The third-order valence-corrected chi connectivity index (χ3v) is 4.32. The first-order valence-electron chi connectivity index (χ1n) is 8.38. The molecule has 0 spiro atoms. The quantitative estimate of drug-likeness (QED) is 0.879. The molecule has 1 N–H and O–H groups in total. The van der Waals surface area contributed by atoms with E-state index in [0.29, 0.717) is 26.3 Å². The van der Waals surface area contributed by atoms with Crippen molar-refractivity contribution in [3.05, 3.63) is 42.0 Å². The van der Waals surface area contributed by atoms with Crippen molar-refractivity contribution in [2.45, 2.75) is 6.42 Å². The summed E-state index contributed by atoms with van der Waals surface area (Å²) in [7, 11) is 1.68. The van der Waals surface area contributed by atoms with Crippen LogP contribution in [0.25, 0.3) is 10.8 Å². The number of hydrogen-bond acceptors (Lipinski definition) is 4. The molecule has 1 fully saturated rings. The van der Waals surface area contributed by atoms with E-state index in [1.165, 1.54) is 10.9 Å². The first-order valence-corrected chi connectivity index (χ1v) is 8.38. The number of morpholine rings is 1. The molecule has 1 heterocycles. The van der Waals surface area contributed by atoms with E-state index in [0.717, 1.165) is 30.6 Å². The van der Waals surface area contributed by atoms with Crippen LogP contribution in [0.3, 0.4) is 0 Å². The van der Waals surface area contributed by atoms with Crippen molar-refractivity contribution < 1.29 is 14.3 Å². The van der Waals surface area contributed by atoms with Gasteiger partial charge in [0.2, 0.25) is 5.91 Å². The molecule has 1 aliphatic rings. The van der Waals surface area contributed by atoms with Crippen molar-refractivity contribution >= 4 is 16.7 Å². The van der Waals surface area contributed by atoms with E-state index in [1.807, 2.05) is 12.1 Å². The summed E-state index contributed by atoms with van der Waals surface area (Å²) in [5, 5.41) is 5.35. The number of carbonyl (C=O) groups excluding carboxylic acids is 1. The molecule has 1 amide bonds. The van der Waals surface area contributed by atoms with Crippen molar-refractivity contribution in [3.63, 3.8) is 0 Å². The van der Waals surface area contributed by atoms with Crippen LogP contribution < -0.4 is 10.1 Å². The standard InChI is InChI=1S/C19H24N2O3/c1-23-18-5-4-16-3-2-15(12-17(16)13-18)6-7-20-19(22)14-21-8-10-24-11-9-21/h2-5,12-13H,6-11,14H2,1H3,(H,20,22). The highest BCUT2D eigenvalue weighted by molar-refractivity contribution is 5.84.